The first-order chi connectivity index (χ1) is 8.51. The largest absolute Gasteiger partial charge is 0.358 e. The summed E-state index contributed by atoms with van der Waals surface area (Å²) in [5, 5.41) is 2.52. The Morgan fingerprint density at radius 3 is 2.28 bits per heavy atom. The molecule has 1 N–H and O–H groups in total. The number of carbonyl (C=O) groups excluding carboxylic acids is 2. The van der Waals surface area contributed by atoms with Gasteiger partial charge in [-0.05, 0) is 37.1 Å². The van der Waals surface area contributed by atoms with Crippen LogP contribution in [-0.2, 0) is 9.59 Å². The molecule has 0 radical (unpaired) electrons. The average Bonchev–Trinajstić information content (AvgIpc) is 3.18. The van der Waals surface area contributed by atoms with Crippen molar-refractivity contribution in [1.29, 1.82) is 0 Å². The van der Waals surface area contributed by atoms with Crippen molar-refractivity contribution in [1.82, 2.24) is 5.32 Å². The van der Waals surface area contributed by atoms with Gasteiger partial charge >= 0.3 is 0 Å². The Morgan fingerprint density at radius 1 is 1.28 bits per heavy atom. The molecule has 0 unspecified atom stereocenters. The highest BCUT2D eigenvalue weighted by atomic mass is 19.1. The smallest absolute Gasteiger partial charge is 0.242 e. The second-order valence-electron chi connectivity index (χ2n) is 4.50. The van der Waals surface area contributed by atoms with E-state index >= 15 is 0 Å². The van der Waals surface area contributed by atoms with E-state index in [1.807, 2.05) is 0 Å². The lowest BCUT2D eigenvalue weighted by atomic mass is 10.0. The van der Waals surface area contributed by atoms with Crippen LogP contribution >= 0.6 is 0 Å². The Labute approximate surface area is 105 Å². The summed E-state index contributed by atoms with van der Waals surface area (Å²) >= 11 is 0. The molecule has 1 aromatic rings. The standard InChI is InChI=1S/C13H15FN2O2/c1-15-11(17)13(7-8-13)12(18)16(2)10-5-3-9(14)4-6-10/h3-6H,7-8H2,1-2H3,(H,15,17). The average molecular weight is 250 g/mol. The third-order valence-corrected chi connectivity index (χ3v) is 3.34. The Hall–Kier alpha value is -1.91. The van der Waals surface area contributed by atoms with Gasteiger partial charge in [-0.1, -0.05) is 0 Å². The topological polar surface area (TPSA) is 49.4 Å². The summed E-state index contributed by atoms with van der Waals surface area (Å²) in [4.78, 5) is 25.4. The highest BCUT2D eigenvalue weighted by Crippen LogP contribution is 2.47. The van der Waals surface area contributed by atoms with Gasteiger partial charge in [0, 0.05) is 19.8 Å². The monoisotopic (exact) mass is 250 g/mol. The predicted octanol–water partition coefficient (Wildman–Crippen LogP) is 1.31. The number of hydrogen-bond donors (Lipinski definition) is 1. The number of nitrogens with zero attached hydrogens (tertiary/aromatic N) is 1. The van der Waals surface area contributed by atoms with Gasteiger partial charge in [-0.2, -0.15) is 0 Å². The maximum absolute atomic E-state index is 12.8. The Kier molecular flexibility index (Phi) is 3.07. The molecule has 0 bridgehead atoms. The molecular weight excluding hydrogens is 235 g/mol. The van der Waals surface area contributed by atoms with E-state index in [0.29, 0.717) is 18.5 Å². The first-order valence-corrected chi connectivity index (χ1v) is 5.77. The van der Waals surface area contributed by atoms with Crippen molar-refractivity contribution in [3.63, 3.8) is 0 Å². The second-order valence-corrected chi connectivity index (χ2v) is 4.50. The molecule has 1 aromatic carbocycles. The maximum Gasteiger partial charge on any atom is 0.242 e. The van der Waals surface area contributed by atoms with E-state index < -0.39 is 5.41 Å². The van der Waals surface area contributed by atoms with Crippen molar-refractivity contribution in [2.45, 2.75) is 12.8 Å². The van der Waals surface area contributed by atoms with E-state index in [4.69, 9.17) is 0 Å². The number of benzene rings is 1. The maximum atomic E-state index is 12.8. The first kappa shape index (κ1) is 12.5. The number of carbonyl (C=O) groups is 2. The SMILES string of the molecule is CNC(=O)C1(C(=O)N(C)c2ccc(F)cc2)CC1. The van der Waals surface area contributed by atoms with Crippen LogP contribution in [0.1, 0.15) is 12.8 Å². The van der Waals surface area contributed by atoms with Crippen LogP contribution in [0, 0.1) is 11.2 Å². The van der Waals surface area contributed by atoms with Crippen LogP contribution in [-0.4, -0.2) is 25.9 Å². The normalized spacial score (nSPS) is 15.9. The zero-order valence-corrected chi connectivity index (χ0v) is 10.4. The third kappa shape index (κ3) is 1.96. The van der Waals surface area contributed by atoms with Gasteiger partial charge in [0.25, 0.3) is 0 Å². The molecule has 0 aromatic heterocycles. The van der Waals surface area contributed by atoms with E-state index in [2.05, 4.69) is 5.32 Å². The minimum atomic E-state index is -0.919. The van der Waals surface area contributed by atoms with Crippen LogP contribution in [0.5, 0.6) is 0 Å². The number of amides is 2. The number of nitrogens with one attached hydrogen (secondary N) is 1. The molecule has 2 amide bonds. The lowest BCUT2D eigenvalue weighted by molar-refractivity contribution is -0.135. The lowest BCUT2D eigenvalue weighted by Crippen LogP contribution is -2.42. The fraction of sp³-hybridized carbons (Fsp3) is 0.385. The Balaban J connectivity index is 2.19. The molecule has 1 saturated carbocycles. The Morgan fingerprint density at radius 2 is 1.83 bits per heavy atom. The molecule has 0 heterocycles. The molecule has 96 valence electrons. The second kappa shape index (κ2) is 4.40. The van der Waals surface area contributed by atoms with E-state index in [1.165, 1.54) is 36.2 Å². The van der Waals surface area contributed by atoms with Crippen LogP contribution < -0.4 is 10.2 Å². The number of anilines is 1. The van der Waals surface area contributed by atoms with Crippen LogP contribution in [0.2, 0.25) is 0 Å². The summed E-state index contributed by atoms with van der Waals surface area (Å²) in [6, 6.07) is 5.62. The zero-order chi connectivity index (χ0) is 13.3. The van der Waals surface area contributed by atoms with Crippen molar-refractivity contribution in [2.75, 3.05) is 19.0 Å². The van der Waals surface area contributed by atoms with Crippen molar-refractivity contribution in [2.24, 2.45) is 5.41 Å². The summed E-state index contributed by atoms with van der Waals surface area (Å²) in [6.45, 7) is 0. The quantitative estimate of drug-likeness (QED) is 0.822. The molecule has 0 saturated heterocycles. The zero-order valence-electron chi connectivity index (χ0n) is 10.4. The van der Waals surface area contributed by atoms with Crippen molar-refractivity contribution < 1.29 is 14.0 Å². The summed E-state index contributed by atoms with van der Waals surface area (Å²) in [7, 11) is 3.12. The third-order valence-electron chi connectivity index (χ3n) is 3.34. The molecule has 18 heavy (non-hydrogen) atoms. The van der Waals surface area contributed by atoms with Crippen molar-refractivity contribution in [3.05, 3.63) is 30.1 Å². The number of halogens is 1. The van der Waals surface area contributed by atoms with E-state index in [1.54, 1.807) is 7.05 Å². The van der Waals surface area contributed by atoms with Gasteiger partial charge in [0.2, 0.25) is 11.8 Å². The van der Waals surface area contributed by atoms with Gasteiger partial charge in [-0.15, -0.1) is 0 Å². The van der Waals surface area contributed by atoms with E-state index in [9.17, 15) is 14.0 Å². The van der Waals surface area contributed by atoms with Gasteiger partial charge in [-0.25, -0.2) is 4.39 Å². The van der Waals surface area contributed by atoms with Gasteiger partial charge < -0.3 is 10.2 Å². The molecule has 4 nitrogen and oxygen atoms in total. The molecule has 2 rings (SSSR count). The van der Waals surface area contributed by atoms with Gasteiger partial charge in [-0.3, -0.25) is 9.59 Å². The molecule has 5 heteroatoms. The minimum Gasteiger partial charge on any atom is -0.358 e. The van der Waals surface area contributed by atoms with E-state index in [-0.39, 0.29) is 17.6 Å². The Bertz CT molecular complexity index is 480. The number of rotatable bonds is 3. The van der Waals surface area contributed by atoms with Crippen molar-refractivity contribution in [3.8, 4) is 0 Å². The van der Waals surface area contributed by atoms with Gasteiger partial charge in [0.15, 0.2) is 0 Å². The number of hydrogen-bond acceptors (Lipinski definition) is 2. The minimum absolute atomic E-state index is 0.242. The lowest BCUT2D eigenvalue weighted by Gasteiger charge is -2.22. The summed E-state index contributed by atoms with van der Waals surface area (Å²) in [5.41, 5.74) is -0.339. The summed E-state index contributed by atoms with van der Waals surface area (Å²) < 4.78 is 12.8. The summed E-state index contributed by atoms with van der Waals surface area (Å²) in [5.74, 6) is -0.845. The molecule has 1 fully saturated rings. The van der Waals surface area contributed by atoms with Crippen LogP contribution in [0.4, 0.5) is 10.1 Å². The molecule has 1 aliphatic rings. The molecule has 0 atom stereocenters. The fourth-order valence-corrected chi connectivity index (χ4v) is 2.01. The molecular formula is C13H15FN2O2. The highest BCUT2D eigenvalue weighted by Gasteiger charge is 2.57. The van der Waals surface area contributed by atoms with Crippen LogP contribution in [0.25, 0.3) is 0 Å². The highest BCUT2D eigenvalue weighted by molar-refractivity contribution is 6.13. The first-order valence-electron chi connectivity index (χ1n) is 5.77. The van der Waals surface area contributed by atoms with Gasteiger partial charge in [0.1, 0.15) is 11.2 Å². The predicted molar refractivity (Wildman–Crippen MR) is 65.5 cm³/mol. The van der Waals surface area contributed by atoms with E-state index in [0.717, 1.165) is 0 Å². The van der Waals surface area contributed by atoms with Crippen molar-refractivity contribution >= 4 is 17.5 Å². The van der Waals surface area contributed by atoms with Crippen LogP contribution in [0.3, 0.4) is 0 Å². The van der Waals surface area contributed by atoms with Crippen LogP contribution in [0.15, 0.2) is 24.3 Å². The summed E-state index contributed by atoms with van der Waals surface area (Å²) in [6.07, 6.45) is 1.13. The van der Waals surface area contributed by atoms with Gasteiger partial charge in [0.05, 0.1) is 0 Å². The molecule has 0 aliphatic heterocycles. The molecule has 1 aliphatic carbocycles. The molecule has 0 spiro atoms. The fourth-order valence-electron chi connectivity index (χ4n) is 2.01.